The van der Waals surface area contributed by atoms with Gasteiger partial charge in [-0.2, -0.15) is 9.90 Å². The van der Waals surface area contributed by atoms with Crippen molar-refractivity contribution in [1.82, 2.24) is 15.0 Å². The first-order chi connectivity index (χ1) is 7.99. The Morgan fingerprint density at radius 1 is 1.29 bits per heavy atom. The van der Waals surface area contributed by atoms with Crippen LogP contribution in [0, 0.1) is 6.92 Å². The fourth-order valence-electron chi connectivity index (χ4n) is 1.30. The van der Waals surface area contributed by atoms with E-state index in [1.165, 1.54) is 4.80 Å². The number of carboxylic acid groups (broad SMARTS) is 1. The van der Waals surface area contributed by atoms with Crippen molar-refractivity contribution in [2.45, 2.75) is 6.92 Å². The van der Waals surface area contributed by atoms with Crippen molar-refractivity contribution in [1.29, 1.82) is 0 Å². The second-order valence-corrected chi connectivity index (χ2v) is 4.14. The molecule has 0 bridgehead atoms. The summed E-state index contributed by atoms with van der Waals surface area (Å²) in [6, 6.07) is 4.81. The number of aromatic carboxylic acids is 1. The molecular formula is C10H7Cl2N3O2. The van der Waals surface area contributed by atoms with Crippen molar-refractivity contribution in [3.8, 4) is 5.69 Å². The fourth-order valence-corrected chi connectivity index (χ4v) is 1.59. The van der Waals surface area contributed by atoms with Gasteiger partial charge in [0.1, 0.15) is 0 Å². The molecule has 0 unspecified atom stereocenters. The molecule has 1 N–H and O–H groups in total. The van der Waals surface area contributed by atoms with E-state index in [0.717, 1.165) is 0 Å². The van der Waals surface area contributed by atoms with Gasteiger partial charge in [-0.15, -0.1) is 5.10 Å². The van der Waals surface area contributed by atoms with Crippen LogP contribution in [0.2, 0.25) is 10.0 Å². The molecule has 0 saturated heterocycles. The van der Waals surface area contributed by atoms with Crippen LogP contribution in [-0.4, -0.2) is 26.1 Å². The molecule has 1 heterocycles. The van der Waals surface area contributed by atoms with Gasteiger partial charge in [0.15, 0.2) is 5.69 Å². The molecule has 0 radical (unpaired) electrons. The minimum absolute atomic E-state index is 0.0870. The van der Waals surface area contributed by atoms with Crippen LogP contribution < -0.4 is 0 Å². The fraction of sp³-hybridized carbons (Fsp3) is 0.100. The lowest BCUT2D eigenvalue weighted by molar-refractivity contribution is 0.0689. The molecule has 0 amide bonds. The Balaban J connectivity index is 2.50. The van der Waals surface area contributed by atoms with Crippen molar-refractivity contribution in [3.05, 3.63) is 39.6 Å². The molecule has 0 atom stereocenters. The normalized spacial score (nSPS) is 10.5. The Hall–Kier alpha value is -1.59. The predicted octanol–water partition coefficient (Wildman–Crippen LogP) is 2.58. The van der Waals surface area contributed by atoms with E-state index in [0.29, 0.717) is 21.4 Å². The largest absolute Gasteiger partial charge is 0.476 e. The second kappa shape index (κ2) is 4.35. The number of carbonyl (C=O) groups is 1. The van der Waals surface area contributed by atoms with E-state index in [9.17, 15) is 4.79 Å². The maximum atomic E-state index is 10.8. The maximum absolute atomic E-state index is 10.8. The molecule has 0 aliphatic rings. The van der Waals surface area contributed by atoms with Gasteiger partial charge in [0.25, 0.3) is 0 Å². The van der Waals surface area contributed by atoms with Gasteiger partial charge >= 0.3 is 5.97 Å². The summed E-state index contributed by atoms with van der Waals surface area (Å²) in [6.07, 6.45) is 0. The van der Waals surface area contributed by atoms with Gasteiger partial charge in [0.2, 0.25) is 0 Å². The van der Waals surface area contributed by atoms with Crippen LogP contribution in [0.25, 0.3) is 5.69 Å². The van der Waals surface area contributed by atoms with Crippen LogP contribution in [0.1, 0.15) is 16.2 Å². The molecule has 5 nitrogen and oxygen atoms in total. The van der Waals surface area contributed by atoms with Gasteiger partial charge < -0.3 is 5.11 Å². The van der Waals surface area contributed by atoms with E-state index >= 15 is 0 Å². The van der Waals surface area contributed by atoms with E-state index in [4.69, 9.17) is 28.3 Å². The van der Waals surface area contributed by atoms with Gasteiger partial charge in [0.05, 0.1) is 21.4 Å². The second-order valence-electron chi connectivity index (χ2n) is 3.33. The molecule has 0 aliphatic carbocycles. The summed E-state index contributed by atoms with van der Waals surface area (Å²) in [5.74, 6) is -1.12. The molecule has 1 aromatic heterocycles. The Labute approximate surface area is 107 Å². The van der Waals surface area contributed by atoms with Crippen LogP contribution in [-0.2, 0) is 0 Å². The lowest BCUT2D eigenvalue weighted by Gasteiger charge is -2.00. The van der Waals surface area contributed by atoms with Gasteiger partial charge in [-0.05, 0) is 25.1 Å². The highest BCUT2D eigenvalue weighted by molar-refractivity contribution is 6.42. The van der Waals surface area contributed by atoms with Crippen molar-refractivity contribution in [2.24, 2.45) is 0 Å². The first-order valence-corrected chi connectivity index (χ1v) is 5.37. The predicted molar refractivity (Wildman–Crippen MR) is 63.1 cm³/mol. The van der Waals surface area contributed by atoms with E-state index in [-0.39, 0.29) is 5.69 Å². The molecule has 17 heavy (non-hydrogen) atoms. The molecule has 0 saturated carbocycles. The monoisotopic (exact) mass is 271 g/mol. The van der Waals surface area contributed by atoms with Crippen molar-refractivity contribution in [3.63, 3.8) is 0 Å². The van der Waals surface area contributed by atoms with Crippen molar-refractivity contribution >= 4 is 29.2 Å². The Kier molecular flexibility index (Phi) is 3.04. The lowest BCUT2D eigenvalue weighted by Crippen LogP contribution is -2.02. The SMILES string of the molecule is Cc1nn(-c2ccc(Cl)c(Cl)c2)nc1C(=O)O. The standard InChI is InChI=1S/C10H7Cl2N3O2/c1-5-9(10(16)17)14-15(13-5)6-2-3-7(11)8(12)4-6/h2-4H,1H3,(H,16,17). The third-order valence-electron chi connectivity index (χ3n) is 2.12. The summed E-state index contributed by atoms with van der Waals surface area (Å²) in [5, 5.41) is 17.5. The van der Waals surface area contributed by atoms with Crippen LogP contribution in [0.4, 0.5) is 0 Å². The van der Waals surface area contributed by atoms with Crippen molar-refractivity contribution in [2.75, 3.05) is 0 Å². The zero-order valence-corrected chi connectivity index (χ0v) is 10.2. The number of halogens is 2. The summed E-state index contributed by atoms with van der Waals surface area (Å²) >= 11 is 11.6. The first kappa shape index (κ1) is 11.9. The summed E-state index contributed by atoms with van der Waals surface area (Å²) in [4.78, 5) is 12.0. The van der Waals surface area contributed by atoms with Crippen molar-refractivity contribution < 1.29 is 9.90 Å². The number of aromatic nitrogens is 3. The number of hydrogen-bond acceptors (Lipinski definition) is 3. The Morgan fingerprint density at radius 3 is 2.53 bits per heavy atom. The number of hydrogen-bond donors (Lipinski definition) is 1. The van der Waals surface area contributed by atoms with E-state index in [2.05, 4.69) is 10.2 Å². The van der Waals surface area contributed by atoms with Crippen LogP contribution in [0.5, 0.6) is 0 Å². The molecule has 7 heteroatoms. The molecule has 1 aromatic carbocycles. The number of benzene rings is 1. The highest BCUT2D eigenvalue weighted by Gasteiger charge is 2.15. The summed E-state index contributed by atoms with van der Waals surface area (Å²) < 4.78 is 0. The average molecular weight is 272 g/mol. The first-order valence-electron chi connectivity index (χ1n) is 4.61. The average Bonchev–Trinajstić information content (AvgIpc) is 2.64. The van der Waals surface area contributed by atoms with Crippen LogP contribution in [0.3, 0.4) is 0 Å². The molecule has 2 rings (SSSR count). The third-order valence-corrected chi connectivity index (χ3v) is 2.86. The minimum atomic E-state index is -1.12. The van der Waals surface area contributed by atoms with Gasteiger partial charge in [0, 0.05) is 0 Å². The molecule has 0 spiro atoms. The summed E-state index contributed by atoms with van der Waals surface area (Å²) in [7, 11) is 0. The summed E-state index contributed by atoms with van der Waals surface area (Å²) in [5.41, 5.74) is 0.801. The molecular weight excluding hydrogens is 265 g/mol. The van der Waals surface area contributed by atoms with E-state index in [1.807, 2.05) is 0 Å². The summed E-state index contributed by atoms with van der Waals surface area (Å²) in [6.45, 7) is 1.57. The molecule has 0 aliphatic heterocycles. The smallest absolute Gasteiger partial charge is 0.358 e. The lowest BCUT2D eigenvalue weighted by atomic mass is 10.3. The quantitative estimate of drug-likeness (QED) is 0.912. The molecule has 0 fully saturated rings. The Morgan fingerprint density at radius 2 is 2.00 bits per heavy atom. The zero-order chi connectivity index (χ0) is 12.6. The molecule has 88 valence electrons. The van der Waals surface area contributed by atoms with Gasteiger partial charge in [-0.25, -0.2) is 4.79 Å². The third kappa shape index (κ3) is 2.25. The number of carboxylic acids is 1. The van der Waals surface area contributed by atoms with Gasteiger partial charge in [-0.3, -0.25) is 0 Å². The van der Waals surface area contributed by atoms with E-state index < -0.39 is 5.97 Å². The maximum Gasteiger partial charge on any atom is 0.358 e. The van der Waals surface area contributed by atoms with E-state index in [1.54, 1.807) is 25.1 Å². The molecule has 2 aromatic rings. The number of nitrogens with zero attached hydrogens (tertiary/aromatic N) is 3. The highest BCUT2D eigenvalue weighted by Crippen LogP contribution is 2.24. The van der Waals surface area contributed by atoms with Crippen LogP contribution >= 0.6 is 23.2 Å². The topological polar surface area (TPSA) is 68.0 Å². The van der Waals surface area contributed by atoms with Crippen LogP contribution in [0.15, 0.2) is 18.2 Å². The number of rotatable bonds is 2. The van der Waals surface area contributed by atoms with Gasteiger partial charge in [-0.1, -0.05) is 23.2 Å². The Bertz CT molecular complexity index is 595. The zero-order valence-electron chi connectivity index (χ0n) is 8.69. The minimum Gasteiger partial charge on any atom is -0.476 e. The number of aryl methyl sites for hydroxylation is 1. The highest BCUT2D eigenvalue weighted by atomic mass is 35.5.